The van der Waals surface area contributed by atoms with Crippen molar-refractivity contribution < 1.29 is 14.4 Å². The van der Waals surface area contributed by atoms with Gasteiger partial charge in [-0.3, -0.25) is 19.7 Å². The Hall–Kier alpha value is -2.68. The fourth-order valence-electron chi connectivity index (χ4n) is 2.41. The lowest BCUT2D eigenvalue weighted by Gasteiger charge is -2.31. The third kappa shape index (κ3) is 2.03. The first-order chi connectivity index (χ1) is 9.51. The highest BCUT2D eigenvalue weighted by atomic mass is 16.2. The molecular weight excluding hydrogens is 258 g/mol. The van der Waals surface area contributed by atoms with Crippen molar-refractivity contribution in [2.45, 2.75) is 24.9 Å². The number of hydrogen-bond donors (Lipinski definition) is 1. The lowest BCUT2D eigenvalue weighted by Crippen LogP contribution is -2.55. The summed E-state index contributed by atoms with van der Waals surface area (Å²) in [6, 6.07) is 0.264. The van der Waals surface area contributed by atoms with E-state index >= 15 is 0 Å². The van der Waals surface area contributed by atoms with Crippen LogP contribution in [0.25, 0.3) is 0 Å². The molecule has 2 aliphatic rings. The van der Waals surface area contributed by atoms with E-state index in [0.717, 1.165) is 0 Å². The largest absolute Gasteiger partial charge is 0.306 e. The standard InChI is InChI=1S/C14H13N3O3/c1-3-4-9-8(2)11(7-15)17(14(9)20)10-5-6-12(18)16-13(10)19/h3-4,10-11H,1-2,5-6H2,(H,16,18,19)/b9-4+. The normalized spacial score (nSPS) is 28.6. The number of allylic oxidation sites excluding steroid dienone is 2. The number of imide groups is 1. The van der Waals surface area contributed by atoms with E-state index in [1.54, 1.807) is 0 Å². The van der Waals surface area contributed by atoms with Crippen molar-refractivity contribution in [3.8, 4) is 6.07 Å². The van der Waals surface area contributed by atoms with Gasteiger partial charge in [-0.2, -0.15) is 5.26 Å². The van der Waals surface area contributed by atoms with Crippen molar-refractivity contribution in [2.24, 2.45) is 0 Å². The number of carbonyl (C=O) groups excluding carboxylic acids is 3. The highest BCUT2D eigenvalue weighted by molar-refractivity contribution is 6.07. The Kier molecular flexibility index (Phi) is 3.53. The van der Waals surface area contributed by atoms with E-state index in [1.807, 2.05) is 6.07 Å². The van der Waals surface area contributed by atoms with Crippen LogP contribution < -0.4 is 5.32 Å². The van der Waals surface area contributed by atoms with Crippen LogP contribution in [0.3, 0.4) is 0 Å². The van der Waals surface area contributed by atoms with Crippen LogP contribution in [0.4, 0.5) is 0 Å². The monoisotopic (exact) mass is 271 g/mol. The Morgan fingerprint density at radius 2 is 2.10 bits per heavy atom. The summed E-state index contributed by atoms with van der Waals surface area (Å²) in [4.78, 5) is 36.5. The van der Waals surface area contributed by atoms with Gasteiger partial charge in [0.05, 0.1) is 6.07 Å². The van der Waals surface area contributed by atoms with Crippen LogP contribution in [-0.2, 0) is 14.4 Å². The number of rotatable bonds is 2. The molecule has 102 valence electrons. The van der Waals surface area contributed by atoms with Gasteiger partial charge in [0.15, 0.2) is 0 Å². The average molecular weight is 271 g/mol. The van der Waals surface area contributed by atoms with Crippen LogP contribution >= 0.6 is 0 Å². The SMILES string of the molecule is C=C/C=C1\C(=C)C(C#N)N(C2CCC(=O)NC2=O)C1=O. The maximum Gasteiger partial charge on any atom is 0.256 e. The molecule has 0 aromatic carbocycles. The molecule has 2 heterocycles. The fraction of sp³-hybridized carbons (Fsp3) is 0.286. The van der Waals surface area contributed by atoms with Gasteiger partial charge in [-0.1, -0.05) is 19.2 Å². The van der Waals surface area contributed by atoms with Gasteiger partial charge in [-0.25, -0.2) is 0 Å². The molecule has 0 aromatic heterocycles. The number of likely N-dealkylation sites (tertiary alicyclic amines) is 1. The van der Waals surface area contributed by atoms with Crippen molar-refractivity contribution in [3.63, 3.8) is 0 Å². The van der Waals surface area contributed by atoms with Crippen LogP contribution in [0.2, 0.25) is 0 Å². The third-order valence-electron chi connectivity index (χ3n) is 3.37. The zero-order valence-electron chi connectivity index (χ0n) is 10.8. The summed E-state index contributed by atoms with van der Waals surface area (Å²) in [5.74, 6) is -1.36. The van der Waals surface area contributed by atoms with Gasteiger partial charge in [0.1, 0.15) is 12.1 Å². The molecule has 6 heteroatoms. The van der Waals surface area contributed by atoms with Crippen molar-refractivity contribution >= 4 is 17.7 Å². The Morgan fingerprint density at radius 1 is 1.40 bits per heavy atom. The molecule has 3 amide bonds. The van der Waals surface area contributed by atoms with Crippen molar-refractivity contribution in [1.82, 2.24) is 10.2 Å². The van der Waals surface area contributed by atoms with E-state index < -0.39 is 23.9 Å². The lowest BCUT2D eigenvalue weighted by atomic mass is 10.0. The molecule has 0 bridgehead atoms. The van der Waals surface area contributed by atoms with Crippen LogP contribution in [0.5, 0.6) is 0 Å². The molecule has 2 unspecified atom stereocenters. The summed E-state index contributed by atoms with van der Waals surface area (Å²) in [5.41, 5.74) is 0.623. The zero-order valence-corrected chi connectivity index (χ0v) is 10.8. The first kappa shape index (κ1) is 13.7. The van der Waals surface area contributed by atoms with Gasteiger partial charge >= 0.3 is 0 Å². The Labute approximate surface area is 116 Å². The molecule has 20 heavy (non-hydrogen) atoms. The molecule has 2 rings (SSSR count). The predicted octanol–water partition coefficient (Wildman–Crippen LogP) is 0.195. The molecule has 0 spiro atoms. The van der Waals surface area contributed by atoms with Gasteiger partial charge < -0.3 is 4.90 Å². The Bertz CT molecular complexity index is 597. The Morgan fingerprint density at radius 3 is 2.65 bits per heavy atom. The summed E-state index contributed by atoms with van der Waals surface area (Å²) >= 11 is 0. The minimum Gasteiger partial charge on any atom is -0.306 e. The zero-order chi connectivity index (χ0) is 14.9. The molecular formula is C14H13N3O3. The number of nitrogens with zero attached hydrogens (tertiary/aromatic N) is 2. The summed E-state index contributed by atoms with van der Waals surface area (Å²) in [6.07, 6.45) is 3.26. The number of carbonyl (C=O) groups is 3. The second-order valence-electron chi connectivity index (χ2n) is 4.55. The van der Waals surface area contributed by atoms with Gasteiger partial charge in [0.25, 0.3) is 5.91 Å². The third-order valence-corrected chi connectivity index (χ3v) is 3.37. The van der Waals surface area contributed by atoms with Crippen molar-refractivity contribution in [1.29, 1.82) is 5.26 Å². The maximum atomic E-state index is 12.3. The fourth-order valence-corrected chi connectivity index (χ4v) is 2.41. The van der Waals surface area contributed by atoms with E-state index in [-0.39, 0.29) is 24.3 Å². The molecule has 0 aliphatic carbocycles. The van der Waals surface area contributed by atoms with Crippen molar-refractivity contribution in [3.05, 3.63) is 36.5 Å². The number of piperidine rings is 1. The first-order valence-corrected chi connectivity index (χ1v) is 6.09. The minimum absolute atomic E-state index is 0.144. The molecule has 2 atom stereocenters. The van der Waals surface area contributed by atoms with E-state index in [2.05, 4.69) is 18.5 Å². The molecule has 1 N–H and O–H groups in total. The van der Waals surface area contributed by atoms with Gasteiger partial charge in [-0.15, -0.1) is 0 Å². The first-order valence-electron chi connectivity index (χ1n) is 6.09. The second kappa shape index (κ2) is 5.13. The van der Waals surface area contributed by atoms with Gasteiger partial charge in [-0.05, 0) is 18.1 Å². The molecule has 2 aliphatic heterocycles. The quantitative estimate of drug-likeness (QED) is 0.573. The molecule has 6 nitrogen and oxygen atoms in total. The number of hydrogen-bond acceptors (Lipinski definition) is 4. The summed E-state index contributed by atoms with van der Waals surface area (Å²) in [5, 5.41) is 11.4. The van der Waals surface area contributed by atoms with Crippen molar-refractivity contribution in [2.75, 3.05) is 0 Å². The average Bonchev–Trinajstić information content (AvgIpc) is 2.63. The highest BCUT2D eigenvalue weighted by Gasteiger charge is 2.46. The van der Waals surface area contributed by atoms with E-state index in [4.69, 9.17) is 0 Å². The summed E-state index contributed by atoms with van der Waals surface area (Å²) in [6.45, 7) is 7.25. The number of nitriles is 1. The van der Waals surface area contributed by atoms with E-state index in [0.29, 0.717) is 5.57 Å². The maximum absolute atomic E-state index is 12.3. The molecule has 0 saturated carbocycles. The minimum atomic E-state index is -0.891. The smallest absolute Gasteiger partial charge is 0.256 e. The van der Waals surface area contributed by atoms with Crippen LogP contribution in [0, 0.1) is 11.3 Å². The number of nitrogens with one attached hydrogen (secondary N) is 1. The lowest BCUT2D eigenvalue weighted by molar-refractivity contribution is -0.143. The predicted molar refractivity (Wildman–Crippen MR) is 69.8 cm³/mol. The summed E-state index contributed by atoms with van der Waals surface area (Å²) < 4.78 is 0. The second-order valence-corrected chi connectivity index (χ2v) is 4.55. The van der Waals surface area contributed by atoms with Gasteiger partial charge in [0, 0.05) is 12.0 Å². The van der Waals surface area contributed by atoms with Crippen LogP contribution in [0.1, 0.15) is 12.8 Å². The number of amides is 3. The Balaban J connectivity index is 2.38. The van der Waals surface area contributed by atoms with E-state index in [1.165, 1.54) is 17.1 Å². The van der Waals surface area contributed by atoms with Crippen LogP contribution in [0.15, 0.2) is 36.5 Å². The van der Waals surface area contributed by atoms with Crippen LogP contribution in [-0.4, -0.2) is 34.7 Å². The summed E-state index contributed by atoms with van der Waals surface area (Å²) in [7, 11) is 0. The molecule has 0 aromatic rings. The van der Waals surface area contributed by atoms with E-state index in [9.17, 15) is 19.6 Å². The molecule has 0 radical (unpaired) electrons. The molecule has 2 fully saturated rings. The molecule has 2 saturated heterocycles. The highest BCUT2D eigenvalue weighted by Crippen LogP contribution is 2.32. The topological polar surface area (TPSA) is 90.3 Å². The van der Waals surface area contributed by atoms with Gasteiger partial charge in [0.2, 0.25) is 11.8 Å².